The van der Waals surface area contributed by atoms with Gasteiger partial charge in [-0.15, -0.1) is 0 Å². The highest BCUT2D eigenvalue weighted by molar-refractivity contribution is 9.10. The van der Waals surface area contributed by atoms with E-state index in [1.807, 2.05) is 24.3 Å². The van der Waals surface area contributed by atoms with Crippen molar-refractivity contribution in [3.63, 3.8) is 0 Å². The molecule has 1 aromatic carbocycles. The molecule has 0 amide bonds. The smallest absolute Gasteiger partial charge is 0.149 e. The van der Waals surface area contributed by atoms with Gasteiger partial charge in [0.2, 0.25) is 0 Å². The summed E-state index contributed by atoms with van der Waals surface area (Å²) in [6, 6.07) is 8.07. The van der Waals surface area contributed by atoms with Crippen LogP contribution in [0.4, 0.5) is 0 Å². The molecule has 1 heterocycles. The lowest BCUT2D eigenvalue weighted by molar-refractivity contribution is -0.915. The summed E-state index contributed by atoms with van der Waals surface area (Å²) < 4.78 is 6.59. The normalized spacial score (nSPS) is 32.1. The van der Waals surface area contributed by atoms with E-state index in [9.17, 15) is 5.11 Å². The largest absolute Gasteiger partial charge is 0.481 e. The zero-order valence-corrected chi connectivity index (χ0v) is 14.4. The number of benzene rings is 1. The predicted octanol–water partition coefficient (Wildman–Crippen LogP) is 1.51. The van der Waals surface area contributed by atoms with Crippen LogP contribution in [0.5, 0.6) is 5.75 Å². The quantitative estimate of drug-likeness (QED) is 0.791. The third-order valence-corrected chi connectivity index (χ3v) is 4.86. The molecule has 114 valence electrons. The number of hydrogen-bond donors (Lipinski definition) is 2. The van der Waals surface area contributed by atoms with E-state index in [4.69, 9.17) is 4.74 Å². The van der Waals surface area contributed by atoms with Crippen molar-refractivity contribution in [3.8, 4) is 17.6 Å². The molecule has 21 heavy (non-hydrogen) atoms. The molecule has 0 saturated carbocycles. The first-order valence-corrected chi connectivity index (χ1v) is 8.13. The number of halogens is 1. The van der Waals surface area contributed by atoms with Crippen LogP contribution in [0.3, 0.4) is 0 Å². The Morgan fingerprint density at radius 3 is 2.71 bits per heavy atom. The topological polar surface area (TPSA) is 33.9 Å². The Kier molecular flexibility index (Phi) is 5.32. The van der Waals surface area contributed by atoms with Gasteiger partial charge in [0, 0.05) is 16.8 Å². The number of nitrogens with one attached hydrogen (secondary N) is 1. The van der Waals surface area contributed by atoms with E-state index in [1.165, 1.54) is 4.90 Å². The van der Waals surface area contributed by atoms with E-state index in [-0.39, 0.29) is 5.92 Å². The molecule has 1 saturated heterocycles. The van der Waals surface area contributed by atoms with E-state index in [2.05, 4.69) is 48.7 Å². The van der Waals surface area contributed by atoms with Gasteiger partial charge in [0.15, 0.2) is 0 Å². The van der Waals surface area contributed by atoms with Gasteiger partial charge in [0.1, 0.15) is 18.0 Å². The number of likely N-dealkylation sites (tertiary alicyclic amines) is 1. The second kappa shape index (κ2) is 6.83. The van der Waals surface area contributed by atoms with Gasteiger partial charge in [-0.2, -0.15) is 0 Å². The summed E-state index contributed by atoms with van der Waals surface area (Å²) in [5.74, 6) is 6.98. The van der Waals surface area contributed by atoms with Gasteiger partial charge < -0.3 is 14.7 Å². The minimum atomic E-state index is -0.887. The van der Waals surface area contributed by atoms with Crippen molar-refractivity contribution >= 4 is 15.9 Å². The predicted molar refractivity (Wildman–Crippen MR) is 87.4 cm³/mol. The van der Waals surface area contributed by atoms with Gasteiger partial charge in [-0.25, -0.2) is 0 Å². The number of quaternary nitrogens is 1. The van der Waals surface area contributed by atoms with Crippen molar-refractivity contribution in [2.45, 2.75) is 31.9 Å². The molecule has 0 aromatic heterocycles. The molecule has 2 N–H and O–H groups in total. The fourth-order valence-electron chi connectivity index (χ4n) is 2.71. The molecule has 1 fully saturated rings. The summed E-state index contributed by atoms with van der Waals surface area (Å²) in [7, 11) is 2.17. The molecule has 1 aliphatic rings. The summed E-state index contributed by atoms with van der Waals surface area (Å²) in [5, 5.41) is 10.7. The summed E-state index contributed by atoms with van der Waals surface area (Å²) in [6.45, 7) is 5.47. The summed E-state index contributed by atoms with van der Waals surface area (Å²) >= 11 is 3.38. The molecule has 1 aromatic rings. The molecular weight excluding hydrogens is 330 g/mol. The highest BCUT2D eigenvalue weighted by Gasteiger charge is 2.42. The van der Waals surface area contributed by atoms with Crippen LogP contribution in [0.1, 0.15) is 20.3 Å². The number of rotatable bonds is 2. The minimum absolute atomic E-state index is 0.175. The molecule has 4 atom stereocenters. The molecule has 0 spiro atoms. The first kappa shape index (κ1) is 16.4. The van der Waals surface area contributed by atoms with Gasteiger partial charge >= 0.3 is 0 Å². The summed E-state index contributed by atoms with van der Waals surface area (Å²) in [6.07, 6.45) is 0.714. The lowest BCUT2D eigenvalue weighted by Crippen LogP contribution is -3.15. The van der Waals surface area contributed by atoms with E-state index >= 15 is 0 Å². The monoisotopic (exact) mass is 352 g/mol. The minimum Gasteiger partial charge on any atom is -0.481 e. The van der Waals surface area contributed by atoms with E-state index < -0.39 is 5.60 Å². The molecule has 2 rings (SSSR count). The van der Waals surface area contributed by atoms with Crippen LogP contribution >= 0.6 is 15.9 Å². The third kappa shape index (κ3) is 4.23. The first-order chi connectivity index (χ1) is 9.90. The lowest BCUT2D eigenvalue weighted by Gasteiger charge is -2.40. The molecule has 3 nitrogen and oxygen atoms in total. The molecule has 0 aliphatic carbocycles. The van der Waals surface area contributed by atoms with Crippen LogP contribution in [0.2, 0.25) is 0 Å². The molecule has 0 radical (unpaired) electrons. The maximum atomic E-state index is 10.7. The highest BCUT2D eigenvalue weighted by Crippen LogP contribution is 2.24. The Hall–Kier alpha value is -1.02. The maximum absolute atomic E-state index is 10.7. The lowest BCUT2D eigenvalue weighted by atomic mass is 9.80. The number of hydrogen-bond acceptors (Lipinski definition) is 2. The zero-order valence-electron chi connectivity index (χ0n) is 12.8. The molecule has 0 bridgehead atoms. The van der Waals surface area contributed by atoms with Crippen molar-refractivity contribution in [2.24, 2.45) is 5.92 Å². The third-order valence-electron chi connectivity index (χ3n) is 4.33. The van der Waals surface area contributed by atoms with Crippen molar-refractivity contribution in [1.29, 1.82) is 0 Å². The summed E-state index contributed by atoms with van der Waals surface area (Å²) in [5.41, 5.74) is -0.887. The molecule has 4 heteroatoms. The second-order valence-corrected chi connectivity index (χ2v) is 6.94. The van der Waals surface area contributed by atoms with E-state index in [0.29, 0.717) is 19.1 Å². The van der Waals surface area contributed by atoms with Crippen LogP contribution in [0.25, 0.3) is 0 Å². The first-order valence-electron chi connectivity index (χ1n) is 7.34. The average molecular weight is 353 g/mol. The van der Waals surface area contributed by atoms with Gasteiger partial charge in [0.05, 0.1) is 19.6 Å². The zero-order chi connectivity index (χ0) is 15.5. The average Bonchev–Trinajstić information content (AvgIpc) is 2.44. The molecule has 1 unspecified atom stereocenters. The van der Waals surface area contributed by atoms with Gasteiger partial charge in [-0.3, -0.25) is 0 Å². The fraction of sp³-hybridized carbons (Fsp3) is 0.529. The Balaban J connectivity index is 1.93. The Bertz CT molecular complexity index is 534. The number of piperidine rings is 1. The summed E-state index contributed by atoms with van der Waals surface area (Å²) in [4.78, 5) is 1.46. The Labute approximate surface area is 135 Å². The van der Waals surface area contributed by atoms with Crippen molar-refractivity contribution in [3.05, 3.63) is 28.7 Å². The fourth-order valence-corrected chi connectivity index (χ4v) is 2.97. The van der Waals surface area contributed by atoms with Crippen LogP contribution in [-0.4, -0.2) is 36.9 Å². The SMILES string of the molecule is C[C@@H]1C[NH+](C)[C@@H](C)C[C@@]1(O)C#CCOc1ccc(Br)cc1. The molecular formula is C17H23BrNO2+. The van der Waals surface area contributed by atoms with Crippen LogP contribution < -0.4 is 9.64 Å². The Morgan fingerprint density at radius 2 is 2.05 bits per heavy atom. The number of ether oxygens (including phenoxy) is 1. The molecule has 1 aliphatic heterocycles. The van der Waals surface area contributed by atoms with Gasteiger partial charge in [0.25, 0.3) is 0 Å². The maximum Gasteiger partial charge on any atom is 0.149 e. The van der Waals surface area contributed by atoms with Crippen LogP contribution in [0, 0.1) is 17.8 Å². The van der Waals surface area contributed by atoms with Crippen molar-refractivity contribution < 1.29 is 14.7 Å². The second-order valence-electron chi connectivity index (χ2n) is 6.03. The van der Waals surface area contributed by atoms with Crippen LogP contribution in [-0.2, 0) is 0 Å². The standard InChI is InChI=1S/C17H22BrNO2/c1-13-12-19(3)14(2)11-17(13,20)9-4-10-21-16-7-5-15(18)6-8-16/h5-8,13-14,20H,10-12H2,1-3H3/p+1/t13-,14+,17+/m1/s1. The van der Waals surface area contributed by atoms with Gasteiger partial charge in [-0.05, 0) is 31.2 Å². The van der Waals surface area contributed by atoms with E-state index in [1.54, 1.807) is 0 Å². The highest BCUT2D eigenvalue weighted by atomic mass is 79.9. The Morgan fingerprint density at radius 1 is 1.38 bits per heavy atom. The van der Waals surface area contributed by atoms with Crippen molar-refractivity contribution in [1.82, 2.24) is 0 Å². The number of aliphatic hydroxyl groups is 1. The van der Waals surface area contributed by atoms with Crippen LogP contribution in [0.15, 0.2) is 28.7 Å². The van der Waals surface area contributed by atoms with E-state index in [0.717, 1.165) is 16.8 Å². The van der Waals surface area contributed by atoms with Gasteiger partial charge in [-0.1, -0.05) is 34.7 Å². The van der Waals surface area contributed by atoms with Crippen molar-refractivity contribution in [2.75, 3.05) is 20.2 Å².